The summed E-state index contributed by atoms with van der Waals surface area (Å²) in [6.07, 6.45) is 1.66. The van der Waals surface area contributed by atoms with E-state index in [2.05, 4.69) is 0 Å². The van der Waals surface area contributed by atoms with Crippen LogP contribution in [0.3, 0.4) is 0 Å². The standard InChI is InChI=1S/C14H15ClN2O4S/c1-3-22(20,21)8-14(19)17(9-16)7-12-5-4-11(10(2)18)6-13(12)15/h4-6H,3,7-8H2,1-2H3. The Bertz CT molecular complexity index is 738. The van der Waals surface area contributed by atoms with Crippen molar-refractivity contribution in [3.8, 4) is 6.19 Å². The van der Waals surface area contributed by atoms with Gasteiger partial charge in [0.05, 0.1) is 6.54 Å². The number of benzene rings is 1. The smallest absolute Gasteiger partial charge is 0.251 e. The molecule has 118 valence electrons. The van der Waals surface area contributed by atoms with Crippen molar-refractivity contribution in [3.05, 3.63) is 34.3 Å². The molecule has 0 saturated heterocycles. The SMILES string of the molecule is CCS(=O)(=O)CC(=O)N(C#N)Cc1ccc(C(C)=O)cc1Cl. The van der Waals surface area contributed by atoms with E-state index in [0.717, 1.165) is 4.90 Å². The topological polar surface area (TPSA) is 95.3 Å². The molecule has 1 aromatic carbocycles. The number of ketones is 1. The maximum atomic E-state index is 11.9. The van der Waals surface area contributed by atoms with Crippen LogP contribution in [0.25, 0.3) is 0 Å². The molecule has 22 heavy (non-hydrogen) atoms. The van der Waals surface area contributed by atoms with E-state index in [9.17, 15) is 18.0 Å². The molecule has 0 aromatic heterocycles. The average molecular weight is 343 g/mol. The minimum absolute atomic E-state index is 0.147. The molecule has 0 bridgehead atoms. The minimum atomic E-state index is -3.51. The molecule has 0 heterocycles. The van der Waals surface area contributed by atoms with E-state index >= 15 is 0 Å². The van der Waals surface area contributed by atoms with Gasteiger partial charge in [-0.2, -0.15) is 5.26 Å². The number of Topliss-reactive ketones (excluding diaryl/α,β-unsaturated/α-hetero) is 1. The third-order valence-corrected chi connectivity index (χ3v) is 4.91. The Balaban J connectivity index is 2.94. The lowest BCUT2D eigenvalue weighted by Gasteiger charge is -2.15. The second kappa shape index (κ2) is 7.38. The number of halogens is 1. The first-order valence-corrected chi connectivity index (χ1v) is 8.60. The fourth-order valence-electron chi connectivity index (χ4n) is 1.61. The number of carbonyl (C=O) groups is 2. The maximum Gasteiger partial charge on any atom is 0.251 e. The molecule has 0 aliphatic carbocycles. The Morgan fingerprint density at radius 1 is 1.36 bits per heavy atom. The van der Waals surface area contributed by atoms with Crippen LogP contribution in [0.15, 0.2) is 18.2 Å². The van der Waals surface area contributed by atoms with Crippen LogP contribution < -0.4 is 0 Å². The van der Waals surface area contributed by atoms with Crippen LogP contribution in [0, 0.1) is 11.5 Å². The third-order valence-electron chi connectivity index (χ3n) is 2.99. The van der Waals surface area contributed by atoms with Crippen LogP contribution in [-0.4, -0.2) is 36.5 Å². The lowest BCUT2D eigenvalue weighted by molar-refractivity contribution is -0.125. The van der Waals surface area contributed by atoms with Gasteiger partial charge in [-0.1, -0.05) is 30.7 Å². The van der Waals surface area contributed by atoms with Gasteiger partial charge in [-0.3, -0.25) is 9.59 Å². The lowest BCUT2D eigenvalue weighted by Crippen LogP contribution is -2.32. The van der Waals surface area contributed by atoms with E-state index in [1.807, 2.05) is 0 Å². The van der Waals surface area contributed by atoms with E-state index in [0.29, 0.717) is 11.1 Å². The number of hydrogen-bond donors (Lipinski definition) is 0. The Hall–Kier alpha value is -1.91. The average Bonchev–Trinajstić information content (AvgIpc) is 2.45. The highest BCUT2D eigenvalue weighted by Gasteiger charge is 2.21. The molecule has 1 aromatic rings. The van der Waals surface area contributed by atoms with E-state index in [1.165, 1.54) is 32.0 Å². The van der Waals surface area contributed by atoms with Gasteiger partial charge in [0.1, 0.15) is 5.75 Å². The summed E-state index contributed by atoms with van der Waals surface area (Å²) in [5, 5.41) is 9.26. The summed E-state index contributed by atoms with van der Waals surface area (Å²) in [5.41, 5.74) is 0.868. The highest BCUT2D eigenvalue weighted by atomic mass is 35.5. The van der Waals surface area contributed by atoms with Crippen molar-refractivity contribution in [2.75, 3.05) is 11.5 Å². The van der Waals surface area contributed by atoms with Crippen LogP contribution in [0.5, 0.6) is 0 Å². The Labute approximate surface area is 134 Å². The molecule has 8 heteroatoms. The lowest BCUT2D eigenvalue weighted by atomic mass is 10.1. The number of rotatable bonds is 6. The van der Waals surface area contributed by atoms with Gasteiger partial charge in [-0.15, -0.1) is 0 Å². The first-order valence-electron chi connectivity index (χ1n) is 6.40. The van der Waals surface area contributed by atoms with Crippen molar-refractivity contribution in [1.29, 1.82) is 5.26 Å². The summed E-state index contributed by atoms with van der Waals surface area (Å²) < 4.78 is 22.9. The number of nitrogens with zero attached hydrogens (tertiary/aromatic N) is 2. The van der Waals surface area contributed by atoms with Gasteiger partial charge in [0.25, 0.3) is 5.91 Å². The normalized spacial score (nSPS) is 10.8. The van der Waals surface area contributed by atoms with Crippen LogP contribution in [0.2, 0.25) is 5.02 Å². The summed E-state index contributed by atoms with van der Waals surface area (Å²) in [6.45, 7) is 2.67. The summed E-state index contributed by atoms with van der Waals surface area (Å²) in [6, 6.07) is 4.51. The van der Waals surface area contributed by atoms with E-state index in [1.54, 1.807) is 6.19 Å². The van der Waals surface area contributed by atoms with E-state index in [4.69, 9.17) is 16.9 Å². The van der Waals surface area contributed by atoms with Crippen molar-refractivity contribution in [1.82, 2.24) is 4.90 Å². The summed E-state index contributed by atoms with van der Waals surface area (Å²) in [7, 11) is -3.51. The highest BCUT2D eigenvalue weighted by Crippen LogP contribution is 2.20. The van der Waals surface area contributed by atoms with Crippen LogP contribution in [0.4, 0.5) is 0 Å². The van der Waals surface area contributed by atoms with E-state index in [-0.39, 0.29) is 23.1 Å². The quantitative estimate of drug-likeness (QED) is 0.446. The van der Waals surface area contributed by atoms with Crippen molar-refractivity contribution < 1.29 is 18.0 Å². The summed E-state index contributed by atoms with van der Waals surface area (Å²) in [5.74, 6) is -1.86. The Morgan fingerprint density at radius 2 is 2.00 bits per heavy atom. The highest BCUT2D eigenvalue weighted by molar-refractivity contribution is 7.92. The molecule has 0 N–H and O–H groups in total. The molecule has 0 fully saturated rings. The van der Waals surface area contributed by atoms with Gasteiger partial charge in [0.15, 0.2) is 21.8 Å². The second-order valence-corrected chi connectivity index (χ2v) is 7.38. The predicted octanol–water partition coefficient (Wildman–Crippen LogP) is 1.79. The number of nitriles is 1. The van der Waals surface area contributed by atoms with Crippen LogP contribution >= 0.6 is 11.6 Å². The molecule has 0 unspecified atom stereocenters. The largest absolute Gasteiger partial charge is 0.295 e. The molecular weight excluding hydrogens is 328 g/mol. The third kappa shape index (κ3) is 4.83. The van der Waals surface area contributed by atoms with Gasteiger partial charge >= 0.3 is 0 Å². The van der Waals surface area contributed by atoms with Gasteiger partial charge in [0.2, 0.25) is 0 Å². The number of hydrogen-bond acceptors (Lipinski definition) is 5. The van der Waals surface area contributed by atoms with Crippen molar-refractivity contribution in [3.63, 3.8) is 0 Å². The van der Waals surface area contributed by atoms with Gasteiger partial charge in [-0.25, -0.2) is 13.3 Å². The van der Waals surface area contributed by atoms with Crippen LogP contribution in [-0.2, 0) is 21.2 Å². The fraction of sp³-hybridized carbons (Fsp3) is 0.357. The fourth-order valence-corrected chi connectivity index (χ4v) is 2.59. The maximum absolute atomic E-state index is 11.9. The van der Waals surface area contributed by atoms with Gasteiger partial charge < -0.3 is 0 Å². The predicted molar refractivity (Wildman–Crippen MR) is 81.9 cm³/mol. The zero-order chi connectivity index (χ0) is 16.9. The molecule has 0 spiro atoms. The molecule has 0 aliphatic rings. The van der Waals surface area contributed by atoms with E-state index < -0.39 is 21.5 Å². The molecular formula is C14H15ClN2O4S. The molecule has 0 aliphatic heterocycles. The monoisotopic (exact) mass is 342 g/mol. The number of carbonyl (C=O) groups excluding carboxylic acids is 2. The van der Waals surface area contributed by atoms with Gasteiger partial charge in [-0.05, 0) is 18.6 Å². The minimum Gasteiger partial charge on any atom is -0.295 e. The van der Waals surface area contributed by atoms with Crippen molar-refractivity contribution in [2.45, 2.75) is 20.4 Å². The first-order chi connectivity index (χ1) is 10.2. The molecule has 1 amide bonds. The number of amides is 1. The zero-order valence-electron chi connectivity index (χ0n) is 12.2. The summed E-state index contributed by atoms with van der Waals surface area (Å²) >= 11 is 6.02. The molecule has 0 atom stereocenters. The zero-order valence-corrected chi connectivity index (χ0v) is 13.7. The van der Waals surface area contributed by atoms with Gasteiger partial charge in [0, 0.05) is 16.3 Å². The Morgan fingerprint density at radius 3 is 2.45 bits per heavy atom. The number of sulfone groups is 1. The Kier molecular flexibility index (Phi) is 6.09. The van der Waals surface area contributed by atoms with Crippen molar-refractivity contribution in [2.24, 2.45) is 0 Å². The van der Waals surface area contributed by atoms with Crippen molar-refractivity contribution >= 4 is 33.1 Å². The molecule has 0 saturated carbocycles. The molecule has 1 rings (SSSR count). The second-order valence-electron chi connectivity index (χ2n) is 4.62. The first kappa shape index (κ1) is 18.1. The summed E-state index contributed by atoms with van der Waals surface area (Å²) in [4.78, 5) is 23.8. The molecule has 0 radical (unpaired) electrons. The van der Waals surface area contributed by atoms with Crippen LogP contribution in [0.1, 0.15) is 29.8 Å². The molecule has 6 nitrogen and oxygen atoms in total.